The van der Waals surface area contributed by atoms with E-state index in [1.54, 1.807) is 0 Å². The van der Waals surface area contributed by atoms with Crippen LogP contribution in [0, 0.1) is 6.92 Å². The molecule has 0 radical (unpaired) electrons. The molecule has 0 aliphatic rings. The van der Waals surface area contributed by atoms with Crippen molar-refractivity contribution in [2.75, 3.05) is 7.11 Å². The molecule has 16 heavy (non-hydrogen) atoms. The van der Waals surface area contributed by atoms with Gasteiger partial charge in [0.2, 0.25) is 0 Å². The summed E-state index contributed by atoms with van der Waals surface area (Å²) in [7, 11) is 1.33. The smallest absolute Gasteiger partial charge is 0.323 e. The summed E-state index contributed by atoms with van der Waals surface area (Å²) in [5.41, 5.74) is 7.72. The van der Waals surface area contributed by atoms with E-state index in [0.717, 1.165) is 11.1 Å². The van der Waals surface area contributed by atoms with Crippen LogP contribution in [0.1, 0.15) is 24.0 Å². The Balaban J connectivity index is 2.91. The molecule has 2 atom stereocenters. The number of ether oxygens (including phenoxy) is 1. The Morgan fingerprint density at radius 2 is 2.12 bits per heavy atom. The zero-order chi connectivity index (χ0) is 12.3. The summed E-state index contributed by atoms with van der Waals surface area (Å²) in [4.78, 5) is 11.3. The van der Waals surface area contributed by atoms with Gasteiger partial charge in [0.15, 0.2) is 0 Å². The number of rotatable bonds is 3. The molecule has 1 aromatic rings. The molecule has 4 heteroatoms. The molecule has 0 spiro atoms. The average Bonchev–Trinajstić information content (AvgIpc) is 2.29. The van der Waals surface area contributed by atoms with Crippen LogP contribution in [0.3, 0.4) is 0 Å². The van der Waals surface area contributed by atoms with Gasteiger partial charge in [0.1, 0.15) is 6.04 Å². The minimum Gasteiger partial charge on any atom is -0.468 e. The van der Waals surface area contributed by atoms with Gasteiger partial charge in [0.05, 0.1) is 7.11 Å². The SMILES string of the molecule is COC(=O)C(N)C(C)c1ccc(C)c(Cl)c1. The van der Waals surface area contributed by atoms with Crippen molar-refractivity contribution in [2.24, 2.45) is 5.73 Å². The summed E-state index contributed by atoms with van der Waals surface area (Å²) < 4.78 is 4.61. The minimum absolute atomic E-state index is 0.120. The lowest BCUT2D eigenvalue weighted by atomic mass is 9.93. The molecule has 2 unspecified atom stereocenters. The first-order valence-electron chi connectivity index (χ1n) is 5.06. The second-order valence-corrected chi connectivity index (χ2v) is 4.25. The molecule has 2 N–H and O–H groups in total. The van der Waals surface area contributed by atoms with E-state index in [1.165, 1.54) is 7.11 Å². The maximum atomic E-state index is 11.3. The maximum absolute atomic E-state index is 11.3. The molecule has 0 aromatic heterocycles. The van der Waals surface area contributed by atoms with Gasteiger partial charge in [-0.3, -0.25) is 4.79 Å². The van der Waals surface area contributed by atoms with Gasteiger partial charge in [-0.1, -0.05) is 30.7 Å². The van der Waals surface area contributed by atoms with E-state index in [9.17, 15) is 4.79 Å². The zero-order valence-corrected chi connectivity index (χ0v) is 10.4. The van der Waals surface area contributed by atoms with Crippen LogP contribution in [0.5, 0.6) is 0 Å². The fraction of sp³-hybridized carbons (Fsp3) is 0.417. The normalized spacial score (nSPS) is 14.3. The van der Waals surface area contributed by atoms with Gasteiger partial charge in [0.25, 0.3) is 0 Å². The van der Waals surface area contributed by atoms with Gasteiger partial charge < -0.3 is 10.5 Å². The zero-order valence-electron chi connectivity index (χ0n) is 9.66. The molecule has 1 aromatic carbocycles. The number of halogens is 1. The quantitative estimate of drug-likeness (QED) is 0.826. The number of hydrogen-bond donors (Lipinski definition) is 1. The first kappa shape index (κ1) is 13.0. The van der Waals surface area contributed by atoms with E-state index in [0.29, 0.717) is 5.02 Å². The summed E-state index contributed by atoms with van der Waals surface area (Å²) in [6, 6.07) is 5.01. The standard InChI is InChI=1S/C12H16ClNO2/c1-7-4-5-9(6-10(7)13)8(2)11(14)12(15)16-3/h4-6,8,11H,14H2,1-3H3. The van der Waals surface area contributed by atoms with Gasteiger partial charge in [0, 0.05) is 10.9 Å². The van der Waals surface area contributed by atoms with Gasteiger partial charge >= 0.3 is 5.97 Å². The van der Waals surface area contributed by atoms with Crippen LogP contribution in [0.15, 0.2) is 18.2 Å². The lowest BCUT2D eigenvalue weighted by Gasteiger charge is -2.18. The molecule has 0 fully saturated rings. The van der Waals surface area contributed by atoms with Crippen molar-refractivity contribution >= 4 is 17.6 Å². The number of esters is 1. The Hall–Kier alpha value is -1.06. The summed E-state index contributed by atoms with van der Waals surface area (Å²) in [5.74, 6) is -0.533. The Morgan fingerprint density at radius 1 is 1.50 bits per heavy atom. The lowest BCUT2D eigenvalue weighted by molar-refractivity contribution is -0.142. The van der Waals surface area contributed by atoms with Gasteiger partial charge in [-0.15, -0.1) is 0 Å². The second-order valence-electron chi connectivity index (χ2n) is 3.85. The highest BCUT2D eigenvalue weighted by Gasteiger charge is 2.23. The van der Waals surface area contributed by atoms with Crippen LogP contribution >= 0.6 is 11.6 Å². The predicted octanol–water partition coefficient (Wildman–Crippen LogP) is 2.25. The van der Waals surface area contributed by atoms with Crippen LogP contribution in [0.25, 0.3) is 0 Å². The van der Waals surface area contributed by atoms with Crippen molar-refractivity contribution in [1.29, 1.82) is 0 Å². The Bertz CT molecular complexity index is 393. The maximum Gasteiger partial charge on any atom is 0.323 e. The molecular weight excluding hydrogens is 226 g/mol. The summed E-state index contributed by atoms with van der Waals surface area (Å²) in [5, 5.41) is 0.682. The number of nitrogens with two attached hydrogens (primary N) is 1. The molecular formula is C12H16ClNO2. The van der Waals surface area contributed by atoms with Crippen LogP contribution in [-0.2, 0) is 9.53 Å². The second kappa shape index (κ2) is 5.32. The van der Waals surface area contributed by atoms with Crippen LogP contribution in [0.4, 0.5) is 0 Å². The molecule has 0 saturated heterocycles. The molecule has 1 rings (SSSR count). The van der Waals surface area contributed by atoms with Gasteiger partial charge in [-0.2, -0.15) is 0 Å². The number of aryl methyl sites for hydroxylation is 1. The van der Waals surface area contributed by atoms with E-state index in [-0.39, 0.29) is 5.92 Å². The fourth-order valence-corrected chi connectivity index (χ4v) is 1.63. The van der Waals surface area contributed by atoms with E-state index in [1.807, 2.05) is 32.0 Å². The monoisotopic (exact) mass is 241 g/mol. The van der Waals surface area contributed by atoms with Gasteiger partial charge in [-0.25, -0.2) is 0 Å². The third kappa shape index (κ3) is 2.74. The van der Waals surface area contributed by atoms with E-state index < -0.39 is 12.0 Å². The first-order valence-corrected chi connectivity index (χ1v) is 5.44. The van der Waals surface area contributed by atoms with Crippen molar-refractivity contribution in [3.63, 3.8) is 0 Å². The molecule has 0 aliphatic carbocycles. The van der Waals surface area contributed by atoms with Crippen molar-refractivity contribution in [3.05, 3.63) is 34.3 Å². The van der Waals surface area contributed by atoms with E-state index in [2.05, 4.69) is 4.74 Å². The van der Waals surface area contributed by atoms with E-state index in [4.69, 9.17) is 17.3 Å². The fourth-order valence-electron chi connectivity index (χ4n) is 1.44. The average molecular weight is 242 g/mol. The lowest BCUT2D eigenvalue weighted by Crippen LogP contribution is -2.36. The summed E-state index contributed by atoms with van der Waals surface area (Å²) >= 11 is 6.02. The Labute approximate surface area is 101 Å². The summed E-state index contributed by atoms with van der Waals surface area (Å²) in [6.45, 7) is 3.81. The topological polar surface area (TPSA) is 52.3 Å². The van der Waals surface area contributed by atoms with Crippen molar-refractivity contribution in [2.45, 2.75) is 25.8 Å². The van der Waals surface area contributed by atoms with Crippen LogP contribution in [-0.4, -0.2) is 19.1 Å². The van der Waals surface area contributed by atoms with E-state index >= 15 is 0 Å². The third-order valence-corrected chi connectivity index (χ3v) is 3.14. The highest BCUT2D eigenvalue weighted by atomic mass is 35.5. The highest BCUT2D eigenvalue weighted by molar-refractivity contribution is 6.31. The molecule has 0 saturated carbocycles. The van der Waals surface area contributed by atoms with Crippen LogP contribution in [0.2, 0.25) is 5.02 Å². The number of methoxy groups -OCH3 is 1. The third-order valence-electron chi connectivity index (χ3n) is 2.73. The number of carbonyl (C=O) groups is 1. The molecule has 0 bridgehead atoms. The predicted molar refractivity (Wildman–Crippen MR) is 64.6 cm³/mol. The van der Waals surface area contributed by atoms with Gasteiger partial charge in [-0.05, 0) is 24.1 Å². The Morgan fingerprint density at radius 3 is 2.62 bits per heavy atom. The highest BCUT2D eigenvalue weighted by Crippen LogP contribution is 2.24. The number of carbonyl (C=O) groups excluding carboxylic acids is 1. The molecule has 0 heterocycles. The molecule has 3 nitrogen and oxygen atoms in total. The largest absolute Gasteiger partial charge is 0.468 e. The molecule has 88 valence electrons. The van der Waals surface area contributed by atoms with Crippen molar-refractivity contribution in [3.8, 4) is 0 Å². The van der Waals surface area contributed by atoms with Crippen molar-refractivity contribution < 1.29 is 9.53 Å². The number of hydrogen-bond acceptors (Lipinski definition) is 3. The molecule has 0 amide bonds. The van der Waals surface area contributed by atoms with Crippen LogP contribution < -0.4 is 5.73 Å². The molecule has 0 aliphatic heterocycles. The van der Waals surface area contributed by atoms with Crippen molar-refractivity contribution in [1.82, 2.24) is 0 Å². The number of benzene rings is 1. The Kier molecular flexibility index (Phi) is 4.33. The first-order chi connectivity index (χ1) is 7.47. The summed E-state index contributed by atoms with van der Waals surface area (Å²) in [6.07, 6.45) is 0. The minimum atomic E-state index is -0.663.